The van der Waals surface area contributed by atoms with Crippen LogP contribution in [0, 0.1) is 5.92 Å². The highest BCUT2D eigenvalue weighted by Crippen LogP contribution is 1.97. The van der Waals surface area contributed by atoms with E-state index in [9.17, 15) is 9.59 Å². The summed E-state index contributed by atoms with van der Waals surface area (Å²) in [6.45, 7) is 3.40. The van der Waals surface area contributed by atoms with Gasteiger partial charge >= 0.3 is 0 Å². The van der Waals surface area contributed by atoms with Crippen LogP contribution in [-0.4, -0.2) is 35.6 Å². The van der Waals surface area contributed by atoms with Gasteiger partial charge in [0.1, 0.15) is 6.10 Å². The molecule has 0 saturated heterocycles. The van der Waals surface area contributed by atoms with Gasteiger partial charge in [-0.3, -0.25) is 9.59 Å². The first-order valence-corrected chi connectivity index (χ1v) is 4.37. The number of aliphatic hydroxyl groups excluding tert-OH is 1. The average Bonchev–Trinajstić information content (AvgIpc) is 2.11. The van der Waals surface area contributed by atoms with Crippen LogP contribution in [0.5, 0.6) is 0 Å². The summed E-state index contributed by atoms with van der Waals surface area (Å²) in [5.74, 6) is -1.27. The second kappa shape index (κ2) is 5.56. The molecule has 2 amide bonds. The molecule has 0 aromatic carbocycles. The summed E-state index contributed by atoms with van der Waals surface area (Å²) in [6, 6.07) is -0.643. The molecule has 82 valence electrons. The van der Waals surface area contributed by atoms with Crippen LogP contribution in [0.4, 0.5) is 0 Å². The molecule has 1 unspecified atom stereocenters. The van der Waals surface area contributed by atoms with E-state index < -0.39 is 24.0 Å². The number of aliphatic hydroxyl groups is 1. The van der Waals surface area contributed by atoms with Crippen LogP contribution < -0.4 is 16.8 Å². The molecule has 0 heterocycles. The van der Waals surface area contributed by atoms with E-state index in [2.05, 4.69) is 5.32 Å². The van der Waals surface area contributed by atoms with E-state index in [-0.39, 0.29) is 12.5 Å². The Labute approximate surface area is 82.6 Å². The molecule has 0 fully saturated rings. The first kappa shape index (κ1) is 12.9. The number of hydrogen-bond acceptors (Lipinski definition) is 4. The largest absolute Gasteiger partial charge is 0.381 e. The van der Waals surface area contributed by atoms with Crippen molar-refractivity contribution in [1.29, 1.82) is 0 Å². The number of rotatable bonds is 5. The van der Waals surface area contributed by atoms with Gasteiger partial charge in [0, 0.05) is 0 Å². The summed E-state index contributed by atoms with van der Waals surface area (Å²) in [7, 11) is 0. The van der Waals surface area contributed by atoms with E-state index in [1.807, 2.05) is 0 Å². The Kier molecular flexibility index (Phi) is 5.11. The van der Waals surface area contributed by atoms with Gasteiger partial charge in [-0.25, -0.2) is 0 Å². The maximum absolute atomic E-state index is 11.2. The minimum absolute atomic E-state index is 0.000668. The second-order valence-corrected chi connectivity index (χ2v) is 3.43. The molecular weight excluding hydrogens is 186 g/mol. The van der Waals surface area contributed by atoms with Crippen molar-refractivity contribution >= 4 is 11.8 Å². The maximum Gasteiger partial charge on any atom is 0.248 e. The molecule has 0 aromatic rings. The average molecular weight is 203 g/mol. The summed E-state index contributed by atoms with van der Waals surface area (Å²) in [5, 5.41) is 11.3. The predicted octanol–water partition coefficient (Wildman–Crippen LogP) is -2.07. The van der Waals surface area contributed by atoms with Gasteiger partial charge in [-0.15, -0.1) is 0 Å². The fourth-order valence-corrected chi connectivity index (χ4v) is 0.718. The second-order valence-electron chi connectivity index (χ2n) is 3.43. The van der Waals surface area contributed by atoms with Crippen molar-refractivity contribution in [3.05, 3.63) is 0 Å². The van der Waals surface area contributed by atoms with Crippen molar-refractivity contribution in [2.45, 2.75) is 26.0 Å². The van der Waals surface area contributed by atoms with E-state index in [1.165, 1.54) is 0 Å². The zero-order valence-electron chi connectivity index (χ0n) is 8.36. The van der Waals surface area contributed by atoms with Gasteiger partial charge in [0.25, 0.3) is 0 Å². The molecule has 0 saturated carbocycles. The van der Waals surface area contributed by atoms with Gasteiger partial charge in [-0.2, -0.15) is 0 Å². The Balaban J connectivity index is 3.91. The van der Waals surface area contributed by atoms with Crippen molar-refractivity contribution in [2.75, 3.05) is 6.54 Å². The van der Waals surface area contributed by atoms with Crippen LogP contribution in [0.2, 0.25) is 0 Å². The normalized spacial score (nSPS) is 14.9. The van der Waals surface area contributed by atoms with E-state index in [4.69, 9.17) is 16.6 Å². The summed E-state index contributed by atoms with van der Waals surface area (Å²) >= 11 is 0. The van der Waals surface area contributed by atoms with Gasteiger partial charge in [-0.1, -0.05) is 13.8 Å². The predicted molar refractivity (Wildman–Crippen MR) is 51.0 cm³/mol. The van der Waals surface area contributed by atoms with Gasteiger partial charge in [0.05, 0.1) is 12.6 Å². The van der Waals surface area contributed by atoms with Gasteiger partial charge in [0.15, 0.2) is 0 Å². The SMILES string of the molecule is CC(C)[C@@H](N)C(=O)NCC(O)C(N)=O. The molecule has 0 aliphatic heterocycles. The molecule has 0 spiro atoms. The van der Waals surface area contributed by atoms with Crippen molar-refractivity contribution in [2.24, 2.45) is 17.4 Å². The molecule has 0 radical (unpaired) electrons. The standard InChI is InChI=1S/C8H17N3O3/c1-4(2)6(9)8(14)11-3-5(12)7(10)13/h4-6,12H,3,9H2,1-2H3,(H2,10,13)(H,11,14)/t5?,6-/m1/s1. The molecule has 14 heavy (non-hydrogen) atoms. The molecule has 0 aromatic heterocycles. The van der Waals surface area contributed by atoms with E-state index in [0.717, 1.165) is 0 Å². The molecule has 0 rings (SSSR count). The number of amides is 2. The van der Waals surface area contributed by atoms with Gasteiger partial charge in [0.2, 0.25) is 11.8 Å². The quantitative estimate of drug-likeness (QED) is 0.410. The minimum Gasteiger partial charge on any atom is -0.381 e. The number of nitrogens with one attached hydrogen (secondary N) is 1. The molecular formula is C8H17N3O3. The topological polar surface area (TPSA) is 118 Å². The Morgan fingerprint density at radius 3 is 2.29 bits per heavy atom. The van der Waals surface area contributed by atoms with E-state index in [0.29, 0.717) is 0 Å². The third-order valence-corrected chi connectivity index (χ3v) is 1.82. The molecule has 0 bridgehead atoms. The fourth-order valence-electron chi connectivity index (χ4n) is 0.718. The molecule has 6 N–H and O–H groups in total. The highest BCUT2D eigenvalue weighted by molar-refractivity contribution is 5.83. The molecule has 0 aliphatic rings. The molecule has 6 nitrogen and oxygen atoms in total. The lowest BCUT2D eigenvalue weighted by Gasteiger charge is -2.16. The number of carbonyl (C=O) groups excluding carboxylic acids is 2. The monoisotopic (exact) mass is 203 g/mol. The van der Waals surface area contributed by atoms with Crippen molar-refractivity contribution < 1.29 is 14.7 Å². The first-order valence-electron chi connectivity index (χ1n) is 4.37. The number of nitrogens with two attached hydrogens (primary N) is 2. The Hall–Kier alpha value is -1.14. The molecule has 6 heteroatoms. The van der Waals surface area contributed by atoms with Crippen LogP contribution in [0.1, 0.15) is 13.8 Å². The van der Waals surface area contributed by atoms with Gasteiger partial charge in [-0.05, 0) is 5.92 Å². The van der Waals surface area contributed by atoms with Crippen LogP contribution in [-0.2, 0) is 9.59 Å². The van der Waals surface area contributed by atoms with Crippen LogP contribution >= 0.6 is 0 Å². The third kappa shape index (κ3) is 4.20. The lowest BCUT2D eigenvalue weighted by atomic mass is 10.1. The van der Waals surface area contributed by atoms with Crippen molar-refractivity contribution in [1.82, 2.24) is 5.32 Å². The Morgan fingerprint density at radius 1 is 1.43 bits per heavy atom. The smallest absolute Gasteiger partial charge is 0.248 e. The zero-order chi connectivity index (χ0) is 11.3. The maximum atomic E-state index is 11.2. The number of carbonyl (C=O) groups is 2. The van der Waals surface area contributed by atoms with E-state index >= 15 is 0 Å². The summed E-state index contributed by atoms with van der Waals surface area (Å²) in [5.41, 5.74) is 10.3. The highest BCUT2D eigenvalue weighted by Gasteiger charge is 2.19. The number of primary amides is 1. The zero-order valence-corrected chi connectivity index (χ0v) is 8.36. The lowest BCUT2D eigenvalue weighted by Crippen LogP contribution is -2.48. The highest BCUT2D eigenvalue weighted by atomic mass is 16.3. The lowest BCUT2D eigenvalue weighted by molar-refractivity contribution is -0.127. The first-order chi connectivity index (χ1) is 6.36. The van der Waals surface area contributed by atoms with Crippen LogP contribution in [0.25, 0.3) is 0 Å². The van der Waals surface area contributed by atoms with Crippen LogP contribution in [0.15, 0.2) is 0 Å². The summed E-state index contributed by atoms with van der Waals surface area (Å²) in [4.78, 5) is 21.6. The summed E-state index contributed by atoms with van der Waals surface area (Å²) < 4.78 is 0. The Bertz CT molecular complexity index is 218. The third-order valence-electron chi connectivity index (χ3n) is 1.82. The molecule has 0 aliphatic carbocycles. The fraction of sp³-hybridized carbons (Fsp3) is 0.750. The van der Waals surface area contributed by atoms with Crippen molar-refractivity contribution in [3.63, 3.8) is 0 Å². The number of hydrogen-bond donors (Lipinski definition) is 4. The van der Waals surface area contributed by atoms with Crippen molar-refractivity contribution in [3.8, 4) is 0 Å². The summed E-state index contributed by atoms with van der Waals surface area (Å²) in [6.07, 6.45) is -1.36. The molecule has 2 atom stereocenters. The minimum atomic E-state index is -1.36. The van der Waals surface area contributed by atoms with E-state index in [1.54, 1.807) is 13.8 Å². The Morgan fingerprint density at radius 2 is 1.93 bits per heavy atom. The van der Waals surface area contributed by atoms with Crippen LogP contribution in [0.3, 0.4) is 0 Å². The van der Waals surface area contributed by atoms with Gasteiger partial charge < -0.3 is 21.9 Å².